The van der Waals surface area contributed by atoms with Gasteiger partial charge in [0.25, 0.3) is 6.33 Å². The minimum Gasteiger partial charge on any atom is -0.304 e. The summed E-state index contributed by atoms with van der Waals surface area (Å²) in [6, 6.07) is 0.109. The van der Waals surface area contributed by atoms with Gasteiger partial charge in [-0.15, -0.1) is 0 Å². The number of carbonyl (C=O) groups is 1. The van der Waals surface area contributed by atoms with Crippen molar-refractivity contribution in [1.29, 1.82) is 0 Å². The Morgan fingerprint density at radius 2 is 1.87 bits per heavy atom. The van der Waals surface area contributed by atoms with Crippen molar-refractivity contribution < 1.29 is 9.36 Å². The largest absolute Gasteiger partial charge is 0.415 e. The molecule has 1 aliphatic rings. The highest BCUT2D eigenvalue weighted by Crippen LogP contribution is 2.10. The van der Waals surface area contributed by atoms with Gasteiger partial charge in [-0.2, -0.15) is 4.57 Å². The van der Waals surface area contributed by atoms with E-state index in [2.05, 4.69) is 0 Å². The van der Waals surface area contributed by atoms with Crippen molar-refractivity contribution >= 4 is 6.03 Å². The van der Waals surface area contributed by atoms with Gasteiger partial charge in [0.15, 0.2) is 0 Å². The third kappa shape index (κ3) is 2.37. The van der Waals surface area contributed by atoms with Crippen LogP contribution in [0, 0.1) is 0 Å². The van der Waals surface area contributed by atoms with E-state index < -0.39 is 0 Å². The Morgan fingerprint density at radius 3 is 2.40 bits per heavy atom. The lowest BCUT2D eigenvalue weighted by atomic mass is 10.2. The van der Waals surface area contributed by atoms with E-state index in [4.69, 9.17) is 0 Å². The quantitative estimate of drug-likeness (QED) is 0.588. The van der Waals surface area contributed by atoms with Gasteiger partial charge in [-0.05, 0) is 12.8 Å². The summed E-state index contributed by atoms with van der Waals surface area (Å²) >= 11 is 0. The highest BCUT2D eigenvalue weighted by atomic mass is 16.2. The van der Waals surface area contributed by atoms with Crippen LogP contribution in [0.3, 0.4) is 0 Å². The first-order valence-corrected chi connectivity index (χ1v) is 5.60. The molecular formula is C11H18N3O+. The van der Waals surface area contributed by atoms with Crippen LogP contribution in [0.25, 0.3) is 0 Å². The summed E-state index contributed by atoms with van der Waals surface area (Å²) in [4.78, 5) is 14.0. The monoisotopic (exact) mass is 208 g/mol. The third-order valence-electron chi connectivity index (χ3n) is 2.87. The smallest absolute Gasteiger partial charge is 0.304 e. The first-order valence-electron chi connectivity index (χ1n) is 5.60. The maximum atomic E-state index is 12.0. The Kier molecular flexibility index (Phi) is 3.04. The van der Waals surface area contributed by atoms with Crippen LogP contribution >= 0.6 is 0 Å². The second-order valence-corrected chi connectivity index (χ2v) is 4.17. The number of hydrogen-bond donors (Lipinski definition) is 0. The first-order chi connectivity index (χ1) is 7.27. The van der Waals surface area contributed by atoms with Gasteiger partial charge in [-0.3, -0.25) is 0 Å². The number of likely N-dealkylation sites (tertiary alicyclic amines) is 1. The van der Waals surface area contributed by atoms with Crippen LogP contribution in [0.4, 0.5) is 4.79 Å². The predicted molar refractivity (Wildman–Crippen MR) is 56.4 cm³/mol. The minimum absolute atomic E-state index is 0.109. The topological polar surface area (TPSA) is 29.1 Å². The molecule has 0 N–H and O–H groups in total. The molecule has 4 heteroatoms. The van der Waals surface area contributed by atoms with E-state index in [-0.39, 0.29) is 6.03 Å². The fourth-order valence-corrected chi connectivity index (χ4v) is 1.99. The average molecular weight is 208 g/mol. The third-order valence-corrected chi connectivity index (χ3v) is 2.87. The molecule has 0 spiro atoms. The fraction of sp³-hybridized carbons (Fsp3) is 0.636. The van der Waals surface area contributed by atoms with Crippen molar-refractivity contribution in [2.24, 2.45) is 7.05 Å². The molecule has 0 atom stereocenters. The molecule has 2 rings (SSSR count). The van der Waals surface area contributed by atoms with Crippen LogP contribution in [0.2, 0.25) is 0 Å². The molecule has 0 saturated carbocycles. The molecule has 0 unspecified atom stereocenters. The Labute approximate surface area is 90.1 Å². The van der Waals surface area contributed by atoms with Gasteiger partial charge >= 0.3 is 6.03 Å². The molecule has 0 radical (unpaired) electrons. The summed E-state index contributed by atoms with van der Waals surface area (Å²) in [5.74, 6) is 0. The van der Waals surface area contributed by atoms with Gasteiger partial charge < -0.3 is 4.90 Å². The molecule has 1 fully saturated rings. The molecule has 2 heterocycles. The normalized spacial score (nSPS) is 17.5. The van der Waals surface area contributed by atoms with Gasteiger partial charge in [0.1, 0.15) is 12.4 Å². The van der Waals surface area contributed by atoms with Crippen LogP contribution in [0.5, 0.6) is 0 Å². The predicted octanol–water partition coefficient (Wildman–Crippen LogP) is 1.16. The Morgan fingerprint density at radius 1 is 1.20 bits per heavy atom. The van der Waals surface area contributed by atoms with Crippen molar-refractivity contribution in [3.63, 3.8) is 0 Å². The number of aryl methyl sites for hydroxylation is 1. The number of carbonyl (C=O) groups excluding carboxylic acids is 1. The minimum atomic E-state index is 0.109. The molecule has 0 aromatic carbocycles. The van der Waals surface area contributed by atoms with E-state index in [1.807, 2.05) is 35.2 Å². The number of hydrogen-bond acceptors (Lipinski definition) is 1. The van der Waals surface area contributed by atoms with Crippen LogP contribution in [-0.2, 0) is 7.05 Å². The highest BCUT2D eigenvalue weighted by molar-refractivity contribution is 5.76. The maximum Gasteiger partial charge on any atom is 0.415 e. The number of amides is 1. The molecule has 1 aromatic heterocycles. The van der Waals surface area contributed by atoms with Crippen LogP contribution in [-0.4, -0.2) is 28.6 Å². The zero-order valence-electron chi connectivity index (χ0n) is 9.22. The molecule has 15 heavy (non-hydrogen) atoms. The molecule has 4 nitrogen and oxygen atoms in total. The number of nitrogens with zero attached hydrogens (tertiary/aromatic N) is 3. The second-order valence-electron chi connectivity index (χ2n) is 4.17. The SMILES string of the molecule is C[n+]1ccn(C(=O)N2CCCCCC2)c1. The van der Waals surface area contributed by atoms with E-state index in [1.54, 1.807) is 4.57 Å². The summed E-state index contributed by atoms with van der Waals surface area (Å²) in [7, 11) is 1.92. The molecule has 1 saturated heterocycles. The summed E-state index contributed by atoms with van der Waals surface area (Å²) in [5, 5.41) is 0. The van der Waals surface area contributed by atoms with Crippen LogP contribution in [0.15, 0.2) is 18.7 Å². The number of imidazole rings is 1. The van der Waals surface area contributed by atoms with E-state index in [0.717, 1.165) is 25.9 Å². The lowest BCUT2D eigenvalue weighted by molar-refractivity contribution is -0.670. The van der Waals surface area contributed by atoms with Crippen molar-refractivity contribution in [2.75, 3.05) is 13.1 Å². The lowest BCUT2D eigenvalue weighted by Crippen LogP contribution is -2.36. The molecule has 82 valence electrons. The number of rotatable bonds is 0. The Balaban J connectivity index is 2.06. The fourth-order valence-electron chi connectivity index (χ4n) is 1.99. The average Bonchev–Trinajstić information content (AvgIpc) is 2.53. The van der Waals surface area contributed by atoms with Gasteiger partial charge in [0.05, 0.1) is 7.05 Å². The Hall–Kier alpha value is -1.32. The highest BCUT2D eigenvalue weighted by Gasteiger charge is 2.21. The zero-order valence-corrected chi connectivity index (χ0v) is 9.22. The first kappa shape index (κ1) is 10.2. The maximum absolute atomic E-state index is 12.0. The van der Waals surface area contributed by atoms with E-state index >= 15 is 0 Å². The summed E-state index contributed by atoms with van der Waals surface area (Å²) in [6.07, 6.45) is 10.3. The van der Waals surface area contributed by atoms with Crippen molar-refractivity contribution in [3.8, 4) is 0 Å². The number of aromatic nitrogens is 2. The molecule has 1 aliphatic heterocycles. The molecule has 0 aliphatic carbocycles. The van der Waals surface area contributed by atoms with E-state index in [0.29, 0.717) is 0 Å². The van der Waals surface area contributed by atoms with Gasteiger partial charge in [0.2, 0.25) is 0 Å². The van der Waals surface area contributed by atoms with E-state index in [9.17, 15) is 4.79 Å². The lowest BCUT2D eigenvalue weighted by Gasteiger charge is -2.16. The summed E-state index contributed by atoms with van der Waals surface area (Å²) in [6.45, 7) is 1.81. The molecule has 0 bridgehead atoms. The van der Waals surface area contributed by atoms with Crippen LogP contribution < -0.4 is 4.57 Å². The van der Waals surface area contributed by atoms with Gasteiger partial charge in [0, 0.05) is 13.1 Å². The Bertz CT molecular complexity index is 337. The van der Waals surface area contributed by atoms with E-state index in [1.165, 1.54) is 12.8 Å². The van der Waals surface area contributed by atoms with Gasteiger partial charge in [-0.25, -0.2) is 9.36 Å². The molecular weight excluding hydrogens is 190 g/mol. The van der Waals surface area contributed by atoms with Gasteiger partial charge in [-0.1, -0.05) is 12.8 Å². The molecule has 1 amide bonds. The second kappa shape index (κ2) is 4.47. The zero-order chi connectivity index (χ0) is 10.7. The summed E-state index contributed by atoms with van der Waals surface area (Å²) in [5.41, 5.74) is 0. The van der Waals surface area contributed by atoms with Crippen molar-refractivity contribution in [1.82, 2.24) is 9.47 Å². The van der Waals surface area contributed by atoms with Crippen molar-refractivity contribution in [2.45, 2.75) is 25.7 Å². The molecule has 1 aromatic rings. The van der Waals surface area contributed by atoms with Crippen molar-refractivity contribution in [3.05, 3.63) is 18.7 Å². The van der Waals surface area contributed by atoms with Crippen LogP contribution in [0.1, 0.15) is 25.7 Å². The standard InChI is InChI=1S/C11H18N3O/c1-12-8-9-14(10-12)11(15)13-6-4-2-3-5-7-13/h8-10H,2-7H2,1H3/q+1. The summed E-state index contributed by atoms with van der Waals surface area (Å²) < 4.78 is 3.54.